The molecule has 1 aliphatic heterocycles. The molecule has 0 radical (unpaired) electrons. The van der Waals surface area contributed by atoms with Crippen LogP contribution in [0.3, 0.4) is 0 Å². The minimum absolute atomic E-state index is 0.581. The second-order valence-corrected chi connectivity index (χ2v) is 5.32. The van der Waals surface area contributed by atoms with Gasteiger partial charge in [-0.2, -0.15) is 0 Å². The van der Waals surface area contributed by atoms with Gasteiger partial charge in [-0.15, -0.1) is 0 Å². The van der Waals surface area contributed by atoms with Gasteiger partial charge in [0.1, 0.15) is 5.01 Å². The lowest BCUT2D eigenvalue weighted by Gasteiger charge is -2.26. The fraction of sp³-hybridized carbons (Fsp3) is 0.545. The van der Waals surface area contributed by atoms with Gasteiger partial charge in [0.15, 0.2) is 10.5 Å². The van der Waals surface area contributed by atoms with Gasteiger partial charge in [0.25, 0.3) is 0 Å². The highest BCUT2D eigenvalue weighted by molar-refractivity contribution is 7.18. The second kappa shape index (κ2) is 4.07. The summed E-state index contributed by atoms with van der Waals surface area (Å²) in [6, 6.07) is 0.590. The number of rotatable bonds is 1. The van der Waals surface area contributed by atoms with Crippen LogP contribution in [0.25, 0.3) is 10.5 Å². The highest BCUT2D eigenvalue weighted by Crippen LogP contribution is 2.32. The van der Waals surface area contributed by atoms with Crippen LogP contribution in [0.4, 0.5) is 0 Å². The van der Waals surface area contributed by atoms with Gasteiger partial charge in [-0.05, 0) is 26.3 Å². The molecule has 2 atom stereocenters. The standard InChI is InChI=1S/C11H14N4S/c1-7-6-8(2-3-12-7)10-15-9-11(16-10)14-5-4-13-9/h4-5,7-8,12H,2-3,6H2,1H3. The van der Waals surface area contributed by atoms with Crippen LogP contribution in [-0.4, -0.2) is 27.5 Å². The Kier molecular flexibility index (Phi) is 2.57. The first kappa shape index (κ1) is 10.1. The Hall–Kier alpha value is -1.07. The Morgan fingerprint density at radius 1 is 1.38 bits per heavy atom. The average molecular weight is 234 g/mol. The number of nitrogens with zero attached hydrogens (tertiary/aromatic N) is 3. The molecule has 4 nitrogen and oxygen atoms in total. The molecule has 2 aromatic rings. The van der Waals surface area contributed by atoms with E-state index in [1.165, 1.54) is 17.8 Å². The minimum Gasteiger partial charge on any atom is -0.314 e. The van der Waals surface area contributed by atoms with Crippen LogP contribution < -0.4 is 5.32 Å². The molecule has 2 unspecified atom stereocenters. The molecule has 16 heavy (non-hydrogen) atoms. The number of thiazole rings is 1. The SMILES string of the molecule is CC1CC(c2nc3nccnc3s2)CCN1. The predicted octanol–water partition coefficient (Wildman–Crippen LogP) is 1.94. The maximum atomic E-state index is 4.59. The van der Waals surface area contributed by atoms with E-state index in [2.05, 4.69) is 27.2 Å². The van der Waals surface area contributed by atoms with E-state index < -0.39 is 0 Å². The van der Waals surface area contributed by atoms with Crippen molar-refractivity contribution in [3.63, 3.8) is 0 Å². The van der Waals surface area contributed by atoms with Crippen LogP contribution in [-0.2, 0) is 0 Å². The van der Waals surface area contributed by atoms with Gasteiger partial charge < -0.3 is 5.32 Å². The van der Waals surface area contributed by atoms with E-state index in [-0.39, 0.29) is 0 Å². The number of hydrogen-bond donors (Lipinski definition) is 1. The van der Waals surface area contributed by atoms with E-state index in [1.54, 1.807) is 23.7 Å². The maximum absolute atomic E-state index is 4.59. The molecule has 1 N–H and O–H groups in total. The Morgan fingerprint density at radius 2 is 2.25 bits per heavy atom. The molecule has 1 aliphatic rings. The lowest BCUT2D eigenvalue weighted by Crippen LogP contribution is -2.34. The van der Waals surface area contributed by atoms with Crippen LogP contribution >= 0.6 is 11.3 Å². The number of aromatic nitrogens is 3. The van der Waals surface area contributed by atoms with Crippen molar-refractivity contribution in [2.24, 2.45) is 0 Å². The van der Waals surface area contributed by atoms with Crippen LogP contribution in [0.1, 0.15) is 30.7 Å². The molecule has 5 heteroatoms. The molecule has 3 rings (SSSR count). The van der Waals surface area contributed by atoms with Crippen LogP contribution in [0, 0.1) is 0 Å². The Balaban J connectivity index is 1.93. The summed E-state index contributed by atoms with van der Waals surface area (Å²) < 4.78 is 0. The fourth-order valence-electron chi connectivity index (χ4n) is 2.22. The summed E-state index contributed by atoms with van der Waals surface area (Å²) in [5, 5.41) is 4.66. The molecule has 3 heterocycles. The first-order chi connectivity index (χ1) is 7.83. The first-order valence-corrected chi connectivity index (χ1v) is 6.45. The lowest BCUT2D eigenvalue weighted by atomic mass is 9.94. The van der Waals surface area contributed by atoms with Crippen molar-refractivity contribution in [2.75, 3.05) is 6.54 Å². The molecular weight excluding hydrogens is 220 g/mol. The Labute approximate surface area is 98.1 Å². The van der Waals surface area contributed by atoms with E-state index in [0.29, 0.717) is 12.0 Å². The molecule has 0 saturated carbocycles. The molecule has 0 bridgehead atoms. The summed E-state index contributed by atoms with van der Waals surface area (Å²) >= 11 is 1.69. The van der Waals surface area contributed by atoms with Gasteiger partial charge in [0.2, 0.25) is 0 Å². The quantitative estimate of drug-likeness (QED) is 0.819. The average Bonchev–Trinajstić information content (AvgIpc) is 2.72. The van der Waals surface area contributed by atoms with E-state index in [0.717, 1.165) is 17.0 Å². The smallest absolute Gasteiger partial charge is 0.189 e. The Morgan fingerprint density at radius 3 is 3.06 bits per heavy atom. The van der Waals surface area contributed by atoms with E-state index in [4.69, 9.17) is 0 Å². The molecular formula is C11H14N4S. The van der Waals surface area contributed by atoms with Crippen molar-refractivity contribution in [3.05, 3.63) is 17.4 Å². The van der Waals surface area contributed by atoms with Crippen molar-refractivity contribution < 1.29 is 0 Å². The third kappa shape index (κ3) is 1.81. The number of fused-ring (bicyclic) bond motifs is 1. The summed E-state index contributed by atoms with van der Waals surface area (Å²) in [6.45, 7) is 3.32. The highest BCUT2D eigenvalue weighted by atomic mass is 32.1. The number of nitrogens with one attached hydrogen (secondary N) is 1. The van der Waals surface area contributed by atoms with Crippen molar-refractivity contribution in [2.45, 2.75) is 31.7 Å². The summed E-state index contributed by atoms with van der Waals surface area (Å²) in [7, 11) is 0. The van der Waals surface area contributed by atoms with E-state index in [9.17, 15) is 0 Å². The summed E-state index contributed by atoms with van der Waals surface area (Å²) in [5.41, 5.74) is 0.800. The molecule has 1 saturated heterocycles. The molecule has 0 aliphatic carbocycles. The summed E-state index contributed by atoms with van der Waals surface area (Å²) in [5.74, 6) is 0.581. The van der Waals surface area contributed by atoms with Gasteiger partial charge in [-0.25, -0.2) is 15.0 Å². The van der Waals surface area contributed by atoms with Crippen molar-refractivity contribution in [1.82, 2.24) is 20.3 Å². The normalized spacial score (nSPS) is 26.1. The van der Waals surface area contributed by atoms with Gasteiger partial charge in [-0.3, -0.25) is 0 Å². The van der Waals surface area contributed by atoms with Gasteiger partial charge in [-0.1, -0.05) is 11.3 Å². The third-order valence-electron chi connectivity index (χ3n) is 3.04. The van der Waals surface area contributed by atoms with Gasteiger partial charge >= 0.3 is 0 Å². The highest BCUT2D eigenvalue weighted by Gasteiger charge is 2.23. The number of hydrogen-bond acceptors (Lipinski definition) is 5. The van der Waals surface area contributed by atoms with Crippen LogP contribution in [0.15, 0.2) is 12.4 Å². The first-order valence-electron chi connectivity index (χ1n) is 5.64. The summed E-state index contributed by atoms with van der Waals surface area (Å²) in [6.07, 6.45) is 5.77. The van der Waals surface area contributed by atoms with Gasteiger partial charge in [0, 0.05) is 24.4 Å². The van der Waals surface area contributed by atoms with Crippen LogP contribution in [0.2, 0.25) is 0 Å². The fourth-order valence-corrected chi connectivity index (χ4v) is 3.24. The van der Waals surface area contributed by atoms with Crippen molar-refractivity contribution >= 4 is 21.8 Å². The lowest BCUT2D eigenvalue weighted by molar-refractivity contribution is 0.381. The zero-order valence-corrected chi connectivity index (χ0v) is 10.00. The van der Waals surface area contributed by atoms with Crippen molar-refractivity contribution in [3.8, 4) is 0 Å². The second-order valence-electron chi connectivity index (χ2n) is 4.31. The summed E-state index contributed by atoms with van der Waals surface area (Å²) in [4.78, 5) is 14.1. The molecule has 84 valence electrons. The topological polar surface area (TPSA) is 50.7 Å². The van der Waals surface area contributed by atoms with E-state index >= 15 is 0 Å². The molecule has 0 amide bonds. The molecule has 2 aromatic heterocycles. The Bertz CT molecular complexity index is 462. The largest absolute Gasteiger partial charge is 0.314 e. The maximum Gasteiger partial charge on any atom is 0.189 e. The zero-order valence-electron chi connectivity index (χ0n) is 9.18. The minimum atomic E-state index is 0.581. The monoisotopic (exact) mass is 234 g/mol. The predicted molar refractivity (Wildman–Crippen MR) is 64.6 cm³/mol. The zero-order chi connectivity index (χ0) is 11.0. The van der Waals surface area contributed by atoms with E-state index in [1.807, 2.05) is 0 Å². The molecule has 0 spiro atoms. The van der Waals surface area contributed by atoms with Crippen molar-refractivity contribution in [1.29, 1.82) is 0 Å². The van der Waals surface area contributed by atoms with Gasteiger partial charge in [0.05, 0.1) is 0 Å². The third-order valence-corrected chi connectivity index (χ3v) is 4.15. The molecule has 0 aromatic carbocycles. The number of piperidine rings is 1. The molecule has 1 fully saturated rings. The van der Waals surface area contributed by atoms with Crippen LogP contribution in [0.5, 0.6) is 0 Å².